The second-order valence-electron chi connectivity index (χ2n) is 5.71. The first kappa shape index (κ1) is 16.0. The molecule has 21 heavy (non-hydrogen) atoms. The Morgan fingerprint density at radius 3 is 2.76 bits per heavy atom. The van der Waals surface area contributed by atoms with Crippen molar-refractivity contribution >= 4 is 21.4 Å². The Kier molecular flexibility index (Phi) is 4.68. The lowest BCUT2D eigenvalue weighted by molar-refractivity contribution is -0.125. The molecule has 0 saturated carbocycles. The van der Waals surface area contributed by atoms with Crippen LogP contribution in [0.2, 0.25) is 0 Å². The molecule has 1 aromatic carbocycles. The SMILES string of the molecule is CCCC1(C(=O)Nc2cccc(S(C)(=O)=O)c2)CCNC1. The van der Waals surface area contributed by atoms with Crippen molar-refractivity contribution in [3.8, 4) is 0 Å². The third-order valence-corrected chi connectivity index (χ3v) is 5.08. The van der Waals surface area contributed by atoms with E-state index in [1.54, 1.807) is 12.1 Å². The second-order valence-corrected chi connectivity index (χ2v) is 7.73. The van der Waals surface area contributed by atoms with Gasteiger partial charge in [0.2, 0.25) is 5.91 Å². The van der Waals surface area contributed by atoms with E-state index in [-0.39, 0.29) is 16.2 Å². The maximum Gasteiger partial charge on any atom is 0.231 e. The average Bonchev–Trinajstić information content (AvgIpc) is 2.88. The molecule has 0 aliphatic carbocycles. The highest BCUT2D eigenvalue weighted by molar-refractivity contribution is 7.90. The maximum absolute atomic E-state index is 12.6. The van der Waals surface area contributed by atoms with Gasteiger partial charge in [0.1, 0.15) is 0 Å². The van der Waals surface area contributed by atoms with Crippen molar-refractivity contribution in [2.75, 3.05) is 24.7 Å². The highest BCUT2D eigenvalue weighted by Crippen LogP contribution is 2.32. The summed E-state index contributed by atoms with van der Waals surface area (Å²) < 4.78 is 23.1. The van der Waals surface area contributed by atoms with Gasteiger partial charge in [-0.15, -0.1) is 0 Å². The fourth-order valence-corrected chi connectivity index (χ4v) is 3.48. The van der Waals surface area contributed by atoms with Crippen molar-refractivity contribution in [2.45, 2.75) is 31.1 Å². The zero-order valence-electron chi connectivity index (χ0n) is 12.5. The topological polar surface area (TPSA) is 75.3 Å². The maximum atomic E-state index is 12.6. The quantitative estimate of drug-likeness (QED) is 0.870. The molecule has 6 heteroatoms. The van der Waals surface area contributed by atoms with Gasteiger partial charge in [0.15, 0.2) is 9.84 Å². The van der Waals surface area contributed by atoms with Crippen LogP contribution in [-0.2, 0) is 14.6 Å². The molecule has 0 radical (unpaired) electrons. The van der Waals surface area contributed by atoms with Gasteiger partial charge in [-0.25, -0.2) is 8.42 Å². The van der Waals surface area contributed by atoms with E-state index >= 15 is 0 Å². The third kappa shape index (κ3) is 3.63. The lowest BCUT2D eigenvalue weighted by Gasteiger charge is -2.26. The fraction of sp³-hybridized carbons (Fsp3) is 0.533. The van der Waals surface area contributed by atoms with Crippen molar-refractivity contribution in [2.24, 2.45) is 5.41 Å². The molecule has 1 amide bonds. The molecule has 1 aliphatic rings. The van der Waals surface area contributed by atoms with Gasteiger partial charge in [0.05, 0.1) is 10.3 Å². The smallest absolute Gasteiger partial charge is 0.231 e. The predicted molar refractivity (Wildman–Crippen MR) is 83.0 cm³/mol. The van der Waals surface area contributed by atoms with Crippen LogP contribution in [0.25, 0.3) is 0 Å². The third-order valence-electron chi connectivity index (χ3n) is 3.97. The first-order valence-corrected chi connectivity index (χ1v) is 9.09. The number of sulfone groups is 1. The van der Waals surface area contributed by atoms with Crippen LogP contribution in [0.3, 0.4) is 0 Å². The zero-order chi connectivity index (χ0) is 15.5. The van der Waals surface area contributed by atoms with E-state index in [0.29, 0.717) is 12.2 Å². The molecular formula is C15H22N2O3S. The molecule has 1 aromatic rings. The van der Waals surface area contributed by atoms with Gasteiger partial charge >= 0.3 is 0 Å². The number of nitrogens with one attached hydrogen (secondary N) is 2. The van der Waals surface area contributed by atoms with Crippen LogP contribution in [-0.4, -0.2) is 33.7 Å². The van der Waals surface area contributed by atoms with Crippen LogP contribution in [0, 0.1) is 5.41 Å². The van der Waals surface area contributed by atoms with Crippen LogP contribution in [0.15, 0.2) is 29.2 Å². The monoisotopic (exact) mass is 310 g/mol. The number of carbonyl (C=O) groups excluding carboxylic acids is 1. The summed E-state index contributed by atoms with van der Waals surface area (Å²) in [5.74, 6) is -0.0278. The largest absolute Gasteiger partial charge is 0.326 e. The average molecular weight is 310 g/mol. The molecule has 1 heterocycles. The van der Waals surface area contributed by atoms with E-state index < -0.39 is 9.84 Å². The van der Waals surface area contributed by atoms with Gasteiger partial charge in [0.25, 0.3) is 0 Å². The Bertz CT molecular complexity index is 620. The van der Waals surface area contributed by atoms with Gasteiger partial charge in [0, 0.05) is 18.5 Å². The van der Waals surface area contributed by atoms with E-state index in [9.17, 15) is 13.2 Å². The molecule has 0 spiro atoms. The first-order valence-electron chi connectivity index (χ1n) is 7.20. The minimum atomic E-state index is -3.27. The highest BCUT2D eigenvalue weighted by Gasteiger charge is 2.40. The Morgan fingerprint density at radius 1 is 1.43 bits per heavy atom. The molecule has 1 aliphatic heterocycles. The van der Waals surface area contributed by atoms with Crippen LogP contribution in [0.4, 0.5) is 5.69 Å². The van der Waals surface area contributed by atoms with E-state index in [1.165, 1.54) is 12.1 Å². The summed E-state index contributed by atoms with van der Waals surface area (Å²) >= 11 is 0. The lowest BCUT2D eigenvalue weighted by Crippen LogP contribution is -2.38. The Morgan fingerprint density at radius 2 is 2.19 bits per heavy atom. The molecule has 1 saturated heterocycles. The number of carbonyl (C=O) groups is 1. The van der Waals surface area contributed by atoms with E-state index in [1.807, 2.05) is 0 Å². The lowest BCUT2D eigenvalue weighted by atomic mass is 9.81. The second kappa shape index (κ2) is 6.15. The fourth-order valence-electron chi connectivity index (χ4n) is 2.81. The van der Waals surface area contributed by atoms with Crippen molar-refractivity contribution in [1.82, 2.24) is 5.32 Å². The van der Waals surface area contributed by atoms with Crippen molar-refractivity contribution in [3.63, 3.8) is 0 Å². The molecule has 0 bridgehead atoms. The van der Waals surface area contributed by atoms with Gasteiger partial charge in [-0.1, -0.05) is 19.4 Å². The molecule has 2 N–H and O–H groups in total. The molecule has 1 atom stereocenters. The number of amides is 1. The summed E-state index contributed by atoms with van der Waals surface area (Å²) in [4.78, 5) is 12.8. The van der Waals surface area contributed by atoms with Crippen LogP contribution < -0.4 is 10.6 Å². The summed E-state index contributed by atoms with van der Waals surface area (Å²) in [7, 11) is -3.27. The number of hydrogen-bond donors (Lipinski definition) is 2. The number of rotatable bonds is 5. The van der Waals surface area contributed by atoms with E-state index in [2.05, 4.69) is 17.6 Å². The normalized spacial score (nSPS) is 22.2. The summed E-state index contributed by atoms with van der Waals surface area (Å²) in [6.07, 6.45) is 3.75. The molecule has 2 rings (SSSR count). The summed E-state index contributed by atoms with van der Waals surface area (Å²) in [6.45, 7) is 3.59. The Labute approximate surface area is 126 Å². The van der Waals surface area contributed by atoms with Gasteiger partial charge < -0.3 is 10.6 Å². The molecule has 1 unspecified atom stereocenters. The van der Waals surface area contributed by atoms with E-state index in [0.717, 1.165) is 32.1 Å². The Balaban J connectivity index is 2.19. The van der Waals surface area contributed by atoms with Gasteiger partial charge in [-0.05, 0) is 37.6 Å². The van der Waals surface area contributed by atoms with Gasteiger partial charge in [-0.3, -0.25) is 4.79 Å². The number of benzene rings is 1. The minimum absolute atomic E-state index is 0.0278. The first-order chi connectivity index (χ1) is 9.87. The van der Waals surface area contributed by atoms with E-state index in [4.69, 9.17) is 0 Å². The standard InChI is InChI=1S/C15H22N2O3S/c1-3-7-15(8-9-16-11-15)14(18)17-12-5-4-6-13(10-12)21(2,19)20/h4-6,10,16H,3,7-9,11H2,1-2H3,(H,17,18). The number of hydrogen-bond acceptors (Lipinski definition) is 4. The Hall–Kier alpha value is -1.40. The summed E-state index contributed by atoms with van der Waals surface area (Å²) in [6, 6.07) is 6.40. The van der Waals surface area contributed by atoms with Crippen LogP contribution in [0.1, 0.15) is 26.2 Å². The predicted octanol–water partition coefficient (Wildman–Crippen LogP) is 1.81. The van der Waals surface area contributed by atoms with Crippen LogP contribution in [0.5, 0.6) is 0 Å². The molecule has 1 fully saturated rings. The molecule has 5 nitrogen and oxygen atoms in total. The van der Waals surface area contributed by atoms with Crippen molar-refractivity contribution in [1.29, 1.82) is 0 Å². The molecule has 0 aromatic heterocycles. The minimum Gasteiger partial charge on any atom is -0.326 e. The summed E-state index contributed by atoms with van der Waals surface area (Å²) in [5.41, 5.74) is 0.154. The molecular weight excluding hydrogens is 288 g/mol. The van der Waals surface area contributed by atoms with Crippen LogP contribution >= 0.6 is 0 Å². The highest BCUT2D eigenvalue weighted by atomic mass is 32.2. The zero-order valence-corrected chi connectivity index (χ0v) is 13.3. The number of anilines is 1. The summed E-state index contributed by atoms with van der Waals surface area (Å²) in [5, 5.41) is 6.12. The van der Waals surface area contributed by atoms with Crippen molar-refractivity contribution < 1.29 is 13.2 Å². The van der Waals surface area contributed by atoms with Gasteiger partial charge in [-0.2, -0.15) is 0 Å². The molecule has 116 valence electrons. The van der Waals surface area contributed by atoms with Crippen molar-refractivity contribution in [3.05, 3.63) is 24.3 Å².